The highest BCUT2D eigenvalue weighted by Crippen LogP contribution is 2.25. The van der Waals surface area contributed by atoms with E-state index in [9.17, 15) is 0 Å². The Labute approximate surface area is 88.8 Å². The van der Waals surface area contributed by atoms with Crippen LogP contribution >= 0.6 is 0 Å². The van der Waals surface area contributed by atoms with Crippen LogP contribution in [-0.2, 0) is 4.74 Å². The number of hydrogen-bond donors (Lipinski definition) is 0. The minimum absolute atomic E-state index is 0.411. The molecule has 0 aromatic rings. The molecule has 1 aliphatic rings. The van der Waals surface area contributed by atoms with Crippen LogP contribution in [0, 0.1) is 0 Å². The standard InChI is InChI=1S/C12H26NO/c1-4-6-9-13(10-7-8-11-13)12(3)14-5-2/h12H,4-11H2,1-3H3/q+1. The highest BCUT2D eigenvalue weighted by atomic mass is 16.5. The summed E-state index contributed by atoms with van der Waals surface area (Å²) in [5.41, 5.74) is 0. The minimum atomic E-state index is 0.411. The van der Waals surface area contributed by atoms with E-state index in [1.165, 1.54) is 49.8 Å². The largest absolute Gasteiger partial charge is 0.330 e. The molecule has 84 valence electrons. The van der Waals surface area contributed by atoms with Crippen molar-refractivity contribution in [1.82, 2.24) is 0 Å². The number of quaternary nitrogens is 1. The Hall–Kier alpha value is -0.0800. The second-order valence-electron chi connectivity index (χ2n) is 4.50. The molecular formula is C12H26NO+. The van der Waals surface area contributed by atoms with E-state index in [1.54, 1.807) is 0 Å². The predicted molar refractivity (Wildman–Crippen MR) is 60.1 cm³/mol. The molecular weight excluding hydrogens is 174 g/mol. The van der Waals surface area contributed by atoms with Gasteiger partial charge in [0.1, 0.15) is 0 Å². The van der Waals surface area contributed by atoms with E-state index in [1.807, 2.05) is 0 Å². The Balaban J connectivity index is 2.51. The fourth-order valence-electron chi connectivity index (χ4n) is 2.61. The topological polar surface area (TPSA) is 9.23 Å². The lowest BCUT2D eigenvalue weighted by molar-refractivity contribution is -0.959. The summed E-state index contributed by atoms with van der Waals surface area (Å²) in [6, 6.07) is 0. The van der Waals surface area contributed by atoms with Gasteiger partial charge in [0, 0.05) is 19.8 Å². The van der Waals surface area contributed by atoms with Crippen LogP contribution in [0.2, 0.25) is 0 Å². The van der Waals surface area contributed by atoms with E-state index in [2.05, 4.69) is 20.8 Å². The maximum Gasteiger partial charge on any atom is 0.190 e. The van der Waals surface area contributed by atoms with Gasteiger partial charge in [0.2, 0.25) is 0 Å². The van der Waals surface area contributed by atoms with E-state index in [4.69, 9.17) is 4.74 Å². The van der Waals surface area contributed by atoms with Crippen molar-refractivity contribution in [3.8, 4) is 0 Å². The molecule has 0 spiro atoms. The molecule has 1 atom stereocenters. The molecule has 0 aromatic heterocycles. The molecule has 1 aliphatic heterocycles. The summed E-state index contributed by atoms with van der Waals surface area (Å²) in [7, 11) is 0. The highest BCUT2D eigenvalue weighted by Gasteiger charge is 2.36. The number of nitrogens with zero attached hydrogens (tertiary/aromatic N) is 1. The molecule has 2 heteroatoms. The summed E-state index contributed by atoms with van der Waals surface area (Å²) in [6.07, 6.45) is 5.84. The van der Waals surface area contributed by atoms with Crippen molar-refractivity contribution in [2.75, 3.05) is 26.2 Å². The van der Waals surface area contributed by atoms with E-state index < -0.39 is 0 Å². The number of unbranched alkanes of at least 4 members (excludes halogenated alkanes) is 1. The van der Waals surface area contributed by atoms with Gasteiger partial charge in [0.05, 0.1) is 26.2 Å². The molecule has 2 nitrogen and oxygen atoms in total. The maximum absolute atomic E-state index is 5.80. The Morgan fingerprint density at radius 1 is 1.21 bits per heavy atom. The summed E-state index contributed by atoms with van der Waals surface area (Å²) < 4.78 is 7.02. The van der Waals surface area contributed by atoms with Gasteiger partial charge in [-0.15, -0.1) is 0 Å². The number of likely N-dealkylation sites (tertiary alicyclic amines) is 1. The van der Waals surface area contributed by atoms with Crippen LogP contribution in [-0.4, -0.2) is 37.0 Å². The minimum Gasteiger partial charge on any atom is -0.330 e. The Morgan fingerprint density at radius 2 is 1.86 bits per heavy atom. The maximum atomic E-state index is 5.80. The molecule has 1 rings (SSSR count). The molecule has 1 saturated heterocycles. The SMILES string of the molecule is CCCC[N+]1(C(C)OCC)CCCC1. The van der Waals surface area contributed by atoms with Crippen molar-refractivity contribution < 1.29 is 9.22 Å². The summed E-state index contributed by atoms with van der Waals surface area (Å²) in [6.45, 7) is 11.5. The molecule has 1 unspecified atom stereocenters. The Bertz CT molecular complexity index is 152. The third-order valence-electron chi connectivity index (χ3n) is 3.59. The molecule has 1 fully saturated rings. The van der Waals surface area contributed by atoms with Crippen LogP contribution in [0.4, 0.5) is 0 Å². The Morgan fingerprint density at radius 3 is 2.36 bits per heavy atom. The van der Waals surface area contributed by atoms with Crippen LogP contribution < -0.4 is 0 Å². The molecule has 1 heterocycles. The number of ether oxygens (including phenoxy) is 1. The van der Waals surface area contributed by atoms with Crippen molar-refractivity contribution >= 4 is 0 Å². The first-order chi connectivity index (χ1) is 6.75. The van der Waals surface area contributed by atoms with Crippen LogP contribution in [0.3, 0.4) is 0 Å². The molecule has 0 saturated carbocycles. The molecule has 0 N–H and O–H groups in total. The average molecular weight is 200 g/mol. The monoisotopic (exact) mass is 200 g/mol. The van der Waals surface area contributed by atoms with Gasteiger partial charge < -0.3 is 4.74 Å². The summed E-state index contributed by atoms with van der Waals surface area (Å²) >= 11 is 0. The molecule has 0 aliphatic carbocycles. The van der Waals surface area contributed by atoms with Crippen LogP contribution in [0.25, 0.3) is 0 Å². The zero-order chi connectivity index (χ0) is 10.4. The van der Waals surface area contributed by atoms with Gasteiger partial charge in [-0.3, -0.25) is 4.48 Å². The zero-order valence-corrected chi connectivity index (χ0v) is 10.1. The van der Waals surface area contributed by atoms with Crippen molar-refractivity contribution in [2.24, 2.45) is 0 Å². The molecule has 0 amide bonds. The van der Waals surface area contributed by atoms with E-state index in [-0.39, 0.29) is 0 Å². The van der Waals surface area contributed by atoms with Crippen molar-refractivity contribution in [1.29, 1.82) is 0 Å². The molecule has 14 heavy (non-hydrogen) atoms. The van der Waals surface area contributed by atoms with E-state index >= 15 is 0 Å². The second kappa shape index (κ2) is 5.72. The van der Waals surface area contributed by atoms with Gasteiger partial charge in [-0.1, -0.05) is 13.3 Å². The van der Waals surface area contributed by atoms with E-state index in [0.29, 0.717) is 6.23 Å². The molecule has 0 bridgehead atoms. The first kappa shape index (κ1) is 12.0. The van der Waals surface area contributed by atoms with Gasteiger partial charge in [-0.05, 0) is 13.3 Å². The highest BCUT2D eigenvalue weighted by molar-refractivity contribution is 4.56. The lowest BCUT2D eigenvalue weighted by Crippen LogP contribution is -2.53. The second-order valence-corrected chi connectivity index (χ2v) is 4.50. The Kier molecular flexibility index (Phi) is 4.90. The third kappa shape index (κ3) is 2.71. The summed E-state index contributed by atoms with van der Waals surface area (Å²) in [5, 5.41) is 0. The van der Waals surface area contributed by atoms with Gasteiger partial charge >= 0.3 is 0 Å². The summed E-state index contributed by atoms with van der Waals surface area (Å²) in [4.78, 5) is 0. The fourth-order valence-corrected chi connectivity index (χ4v) is 2.61. The fraction of sp³-hybridized carbons (Fsp3) is 1.00. The van der Waals surface area contributed by atoms with Gasteiger partial charge in [-0.2, -0.15) is 0 Å². The lowest BCUT2D eigenvalue weighted by atomic mass is 10.2. The van der Waals surface area contributed by atoms with E-state index in [0.717, 1.165) is 6.61 Å². The molecule has 0 aromatic carbocycles. The van der Waals surface area contributed by atoms with Gasteiger partial charge in [-0.25, -0.2) is 0 Å². The first-order valence-electron chi connectivity index (χ1n) is 6.22. The average Bonchev–Trinajstić information content (AvgIpc) is 2.65. The van der Waals surface area contributed by atoms with Gasteiger partial charge in [0.25, 0.3) is 0 Å². The van der Waals surface area contributed by atoms with Crippen LogP contribution in [0.5, 0.6) is 0 Å². The lowest BCUT2D eigenvalue weighted by Gasteiger charge is -2.39. The van der Waals surface area contributed by atoms with Crippen LogP contribution in [0.15, 0.2) is 0 Å². The zero-order valence-electron chi connectivity index (χ0n) is 10.1. The van der Waals surface area contributed by atoms with Gasteiger partial charge in [0.15, 0.2) is 6.23 Å². The van der Waals surface area contributed by atoms with Crippen molar-refractivity contribution in [2.45, 2.75) is 52.7 Å². The quantitative estimate of drug-likeness (QED) is 0.599. The molecule has 0 radical (unpaired) electrons. The number of hydrogen-bond acceptors (Lipinski definition) is 1. The third-order valence-corrected chi connectivity index (χ3v) is 3.59. The van der Waals surface area contributed by atoms with Crippen LogP contribution in [0.1, 0.15) is 46.5 Å². The predicted octanol–water partition coefficient (Wildman–Crippen LogP) is 2.78. The first-order valence-corrected chi connectivity index (χ1v) is 6.22. The van der Waals surface area contributed by atoms with Crippen molar-refractivity contribution in [3.05, 3.63) is 0 Å². The van der Waals surface area contributed by atoms with Crippen molar-refractivity contribution in [3.63, 3.8) is 0 Å². The smallest absolute Gasteiger partial charge is 0.190 e. The normalized spacial score (nSPS) is 22.5. The summed E-state index contributed by atoms with van der Waals surface area (Å²) in [5.74, 6) is 0. The number of rotatable bonds is 6.